The molecular formula is C17H12FN3O4. The van der Waals surface area contributed by atoms with Crippen molar-refractivity contribution in [3.05, 3.63) is 42.2 Å². The molecule has 0 unspecified atom stereocenters. The van der Waals surface area contributed by atoms with Crippen molar-refractivity contribution in [1.82, 2.24) is 9.97 Å². The van der Waals surface area contributed by atoms with E-state index >= 15 is 0 Å². The van der Waals surface area contributed by atoms with Crippen molar-refractivity contribution in [1.29, 1.82) is 0 Å². The summed E-state index contributed by atoms with van der Waals surface area (Å²) in [6.07, 6.45) is 1.83. The van der Waals surface area contributed by atoms with Crippen LogP contribution in [0.3, 0.4) is 0 Å². The van der Waals surface area contributed by atoms with Gasteiger partial charge in [0.05, 0.1) is 0 Å². The predicted molar refractivity (Wildman–Crippen MR) is 85.9 cm³/mol. The summed E-state index contributed by atoms with van der Waals surface area (Å²) >= 11 is 0. The first-order valence-corrected chi connectivity index (χ1v) is 7.55. The molecule has 3 aromatic rings. The van der Waals surface area contributed by atoms with E-state index < -0.39 is 17.5 Å². The van der Waals surface area contributed by atoms with Crippen molar-refractivity contribution in [3.63, 3.8) is 0 Å². The molecule has 4 rings (SSSR count). The lowest BCUT2D eigenvalue weighted by atomic mass is 10.2. The Bertz CT molecular complexity index is 1010. The summed E-state index contributed by atoms with van der Waals surface area (Å²) in [5.74, 6) is -1.58. The molecule has 0 bridgehead atoms. The zero-order valence-electron chi connectivity index (χ0n) is 12.8. The second-order valence-electron chi connectivity index (χ2n) is 5.86. The van der Waals surface area contributed by atoms with Gasteiger partial charge in [0.25, 0.3) is 5.91 Å². The van der Waals surface area contributed by atoms with Crippen LogP contribution in [0.4, 0.5) is 10.1 Å². The summed E-state index contributed by atoms with van der Waals surface area (Å²) in [4.78, 5) is 30.8. The second kappa shape index (κ2) is 5.37. The van der Waals surface area contributed by atoms with Gasteiger partial charge in [0.2, 0.25) is 5.89 Å². The van der Waals surface area contributed by atoms with Crippen LogP contribution in [0.15, 0.2) is 40.9 Å². The molecule has 0 aliphatic heterocycles. The van der Waals surface area contributed by atoms with E-state index in [0.717, 1.165) is 0 Å². The summed E-state index contributed by atoms with van der Waals surface area (Å²) in [7, 11) is 0. The first-order valence-electron chi connectivity index (χ1n) is 7.55. The van der Waals surface area contributed by atoms with Gasteiger partial charge < -0.3 is 14.8 Å². The largest absolute Gasteiger partial charge is 0.477 e. The highest BCUT2D eigenvalue weighted by Crippen LogP contribution is 2.40. The number of carboxylic acid groups (broad SMARTS) is 1. The van der Waals surface area contributed by atoms with E-state index in [4.69, 9.17) is 9.52 Å². The number of aromatic carboxylic acids is 1. The Morgan fingerprint density at radius 1 is 1.24 bits per heavy atom. The van der Waals surface area contributed by atoms with Crippen molar-refractivity contribution in [2.24, 2.45) is 0 Å². The number of nitrogens with one attached hydrogen (secondary N) is 1. The highest BCUT2D eigenvalue weighted by atomic mass is 19.1. The van der Waals surface area contributed by atoms with E-state index in [0.29, 0.717) is 22.4 Å². The van der Waals surface area contributed by atoms with E-state index in [1.54, 1.807) is 24.3 Å². The minimum absolute atomic E-state index is 0.120. The van der Waals surface area contributed by atoms with E-state index in [1.807, 2.05) is 0 Å². The number of rotatable bonds is 4. The first kappa shape index (κ1) is 15.3. The Kier molecular flexibility index (Phi) is 3.28. The Morgan fingerprint density at radius 3 is 2.76 bits per heavy atom. The van der Waals surface area contributed by atoms with Crippen LogP contribution in [-0.2, 0) is 4.79 Å². The topological polar surface area (TPSA) is 105 Å². The van der Waals surface area contributed by atoms with Crippen molar-refractivity contribution < 1.29 is 23.5 Å². The number of hydrogen-bond acceptors (Lipinski definition) is 5. The number of fused-ring (bicyclic) bond motifs is 1. The number of aromatic nitrogens is 2. The van der Waals surface area contributed by atoms with E-state index in [1.165, 1.54) is 12.3 Å². The van der Waals surface area contributed by atoms with Crippen LogP contribution in [-0.4, -0.2) is 32.6 Å². The van der Waals surface area contributed by atoms with Crippen molar-refractivity contribution in [3.8, 4) is 11.5 Å². The number of carboxylic acids is 1. The van der Waals surface area contributed by atoms with Crippen molar-refractivity contribution >= 4 is 28.7 Å². The highest BCUT2D eigenvalue weighted by molar-refractivity contribution is 6.00. The number of oxazole rings is 1. The number of benzene rings is 1. The Labute approximate surface area is 140 Å². The number of hydrogen-bond donors (Lipinski definition) is 2. The predicted octanol–water partition coefficient (Wildman–Crippen LogP) is 3.03. The maximum Gasteiger partial charge on any atom is 0.354 e. The summed E-state index contributed by atoms with van der Waals surface area (Å²) in [6, 6.07) is 7.73. The van der Waals surface area contributed by atoms with Gasteiger partial charge in [-0.15, -0.1) is 0 Å². The van der Waals surface area contributed by atoms with Gasteiger partial charge in [-0.2, -0.15) is 0 Å². The molecule has 0 saturated heterocycles. The lowest BCUT2D eigenvalue weighted by Crippen LogP contribution is -2.25. The minimum Gasteiger partial charge on any atom is -0.477 e. The quantitative estimate of drug-likeness (QED) is 0.756. The molecule has 0 radical (unpaired) electrons. The maximum atomic E-state index is 13.7. The normalized spacial score (nSPS) is 15.1. The molecule has 1 aromatic carbocycles. The second-order valence-corrected chi connectivity index (χ2v) is 5.86. The fourth-order valence-corrected chi connectivity index (χ4v) is 2.39. The van der Waals surface area contributed by atoms with Gasteiger partial charge in [-0.25, -0.2) is 19.2 Å². The van der Waals surface area contributed by atoms with Gasteiger partial charge in [0.15, 0.2) is 11.3 Å². The molecule has 2 heterocycles. The molecule has 1 amide bonds. The number of halogens is 1. The Hall–Kier alpha value is -3.29. The molecule has 8 heteroatoms. The smallest absolute Gasteiger partial charge is 0.354 e. The third-order valence-electron chi connectivity index (χ3n) is 3.97. The summed E-state index contributed by atoms with van der Waals surface area (Å²) in [6.45, 7) is 0. The van der Waals surface area contributed by atoms with Crippen LogP contribution in [0.25, 0.3) is 22.6 Å². The Balaban J connectivity index is 1.65. The Morgan fingerprint density at radius 2 is 2.04 bits per heavy atom. The standard InChI is InChI=1S/C17H12FN3O4/c18-17(4-5-17)16(24)20-10-1-2-11-13(8-10)25-14(21-11)9-3-6-19-12(7-9)15(22)23/h1-3,6-8H,4-5H2,(H,20,24)(H,22,23). The van der Waals surface area contributed by atoms with Crippen LogP contribution in [0.2, 0.25) is 0 Å². The molecule has 2 aromatic heterocycles. The zero-order valence-corrected chi connectivity index (χ0v) is 12.8. The van der Waals surface area contributed by atoms with E-state index in [-0.39, 0.29) is 24.4 Å². The van der Waals surface area contributed by atoms with Gasteiger partial charge in [0, 0.05) is 23.5 Å². The fraction of sp³-hybridized carbons (Fsp3) is 0.176. The number of alkyl halides is 1. The van der Waals surface area contributed by atoms with E-state index in [2.05, 4.69) is 15.3 Å². The van der Waals surface area contributed by atoms with E-state index in [9.17, 15) is 14.0 Å². The SMILES string of the molecule is O=C(O)c1cc(-c2nc3ccc(NC(=O)C4(F)CC4)cc3o2)ccn1. The van der Waals surface area contributed by atoms with Crippen LogP contribution in [0, 0.1) is 0 Å². The van der Waals surface area contributed by atoms with Gasteiger partial charge in [-0.05, 0) is 37.1 Å². The lowest BCUT2D eigenvalue weighted by Gasteiger charge is -2.06. The van der Waals surface area contributed by atoms with Gasteiger partial charge in [-0.3, -0.25) is 4.79 Å². The number of carbonyl (C=O) groups excluding carboxylic acids is 1. The third kappa shape index (κ3) is 2.82. The van der Waals surface area contributed by atoms with Gasteiger partial charge in [0.1, 0.15) is 11.2 Å². The average Bonchev–Trinajstić information content (AvgIpc) is 3.21. The van der Waals surface area contributed by atoms with Crippen LogP contribution >= 0.6 is 0 Å². The monoisotopic (exact) mass is 341 g/mol. The van der Waals surface area contributed by atoms with Gasteiger partial charge in [-0.1, -0.05) is 0 Å². The van der Waals surface area contributed by atoms with Crippen LogP contribution in [0.5, 0.6) is 0 Å². The first-order chi connectivity index (χ1) is 11.9. The number of nitrogens with zero attached hydrogens (tertiary/aromatic N) is 2. The molecule has 25 heavy (non-hydrogen) atoms. The number of carbonyl (C=O) groups is 2. The van der Waals surface area contributed by atoms with Crippen LogP contribution < -0.4 is 5.32 Å². The lowest BCUT2D eigenvalue weighted by molar-refractivity contribution is -0.122. The molecule has 2 N–H and O–H groups in total. The summed E-state index contributed by atoms with van der Waals surface area (Å²) < 4.78 is 19.4. The number of pyridine rings is 1. The molecule has 0 spiro atoms. The fourth-order valence-electron chi connectivity index (χ4n) is 2.39. The summed E-state index contributed by atoms with van der Waals surface area (Å²) in [5, 5.41) is 11.5. The van der Waals surface area contributed by atoms with Crippen molar-refractivity contribution in [2.45, 2.75) is 18.5 Å². The van der Waals surface area contributed by atoms with Crippen LogP contribution in [0.1, 0.15) is 23.3 Å². The molecule has 1 saturated carbocycles. The average molecular weight is 341 g/mol. The number of anilines is 1. The molecular weight excluding hydrogens is 329 g/mol. The molecule has 126 valence electrons. The zero-order chi connectivity index (χ0) is 17.6. The third-order valence-corrected chi connectivity index (χ3v) is 3.97. The molecule has 1 aliphatic carbocycles. The highest BCUT2D eigenvalue weighted by Gasteiger charge is 2.50. The molecule has 1 aliphatic rings. The van der Waals surface area contributed by atoms with Crippen molar-refractivity contribution in [2.75, 3.05) is 5.32 Å². The minimum atomic E-state index is -1.76. The summed E-state index contributed by atoms with van der Waals surface area (Å²) in [5.41, 5.74) is -0.0789. The molecule has 7 nitrogen and oxygen atoms in total. The van der Waals surface area contributed by atoms with Gasteiger partial charge >= 0.3 is 5.97 Å². The molecule has 1 fully saturated rings. The maximum absolute atomic E-state index is 13.7. The molecule has 0 atom stereocenters. The number of amides is 1.